The lowest BCUT2D eigenvalue weighted by atomic mass is 9.71. The van der Waals surface area contributed by atoms with Crippen LogP contribution in [0.3, 0.4) is 0 Å². The van der Waals surface area contributed by atoms with E-state index in [1.165, 1.54) is 4.90 Å². The number of nitrogens with one attached hydrogen (secondary N) is 1. The lowest BCUT2D eigenvalue weighted by molar-refractivity contribution is -0.129. The Morgan fingerprint density at radius 2 is 1.93 bits per heavy atom. The van der Waals surface area contributed by atoms with E-state index < -0.39 is 11.5 Å². The molecule has 3 atom stereocenters. The Bertz CT molecular complexity index is 835. The predicted molar refractivity (Wildman–Crippen MR) is 106 cm³/mol. The van der Waals surface area contributed by atoms with Gasteiger partial charge in [-0.1, -0.05) is 18.2 Å². The second-order valence-electron chi connectivity index (χ2n) is 8.55. The van der Waals surface area contributed by atoms with E-state index in [9.17, 15) is 14.4 Å². The summed E-state index contributed by atoms with van der Waals surface area (Å²) >= 11 is 0. The number of benzene rings is 1. The van der Waals surface area contributed by atoms with Gasteiger partial charge < -0.3 is 20.0 Å². The van der Waals surface area contributed by atoms with Crippen molar-refractivity contribution < 1.29 is 14.4 Å². The van der Waals surface area contributed by atoms with Gasteiger partial charge in [0.15, 0.2) is 0 Å². The standard InChI is InChI=1S/C21H28N4O3/c1-21-17(15(18(26)22-2)12-25(21)20(28)23(3)4)14-7-5-6-8-16(14)24(19(21)27)11-13-9-10-13/h5-8,13,15,17H,9-12H2,1-4H3,(H,22,26)/t15-,17+,21-/m0/s1. The van der Waals surface area contributed by atoms with Crippen LogP contribution in [0.4, 0.5) is 10.5 Å². The smallest absolute Gasteiger partial charge is 0.320 e. The monoisotopic (exact) mass is 384 g/mol. The maximum Gasteiger partial charge on any atom is 0.320 e. The van der Waals surface area contributed by atoms with Gasteiger partial charge in [0.2, 0.25) is 5.91 Å². The van der Waals surface area contributed by atoms with Crippen LogP contribution in [-0.2, 0) is 9.59 Å². The second kappa shape index (κ2) is 6.50. The Kier molecular flexibility index (Phi) is 4.36. The molecule has 4 amide bonds. The molecular weight excluding hydrogens is 356 g/mol. The predicted octanol–water partition coefficient (Wildman–Crippen LogP) is 1.64. The Hall–Kier alpha value is -2.57. The number of urea groups is 1. The highest BCUT2D eigenvalue weighted by atomic mass is 16.2. The van der Waals surface area contributed by atoms with Gasteiger partial charge in [-0.3, -0.25) is 9.59 Å². The third-order valence-electron chi connectivity index (χ3n) is 6.52. The van der Waals surface area contributed by atoms with Crippen molar-refractivity contribution in [1.29, 1.82) is 0 Å². The van der Waals surface area contributed by atoms with E-state index in [1.54, 1.807) is 26.0 Å². The summed E-state index contributed by atoms with van der Waals surface area (Å²) in [5.74, 6) is -0.526. The summed E-state index contributed by atoms with van der Waals surface area (Å²) in [6, 6.07) is 7.61. The van der Waals surface area contributed by atoms with E-state index in [0.29, 0.717) is 12.5 Å². The summed E-state index contributed by atoms with van der Waals surface area (Å²) in [4.78, 5) is 44.5. The molecule has 28 heavy (non-hydrogen) atoms. The maximum absolute atomic E-state index is 13.8. The number of likely N-dealkylation sites (tertiary alicyclic amines) is 1. The van der Waals surface area contributed by atoms with Gasteiger partial charge in [0.1, 0.15) is 5.54 Å². The van der Waals surface area contributed by atoms with Crippen molar-refractivity contribution in [3.05, 3.63) is 29.8 Å². The molecule has 1 N–H and O–H groups in total. The lowest BCUT2D eigenvalue weighted by Gasteiger charge is -2.47. The minimum Gasteiger partial charge on any atom is -0.359 e. The van der Waals surface area contributed by atoms with E-state index in [4.69, 9.17) is 0 Å². The molecule has 2 fully saturated rings. The van der Waals surface area contributed by atoms with Gasteiger partial charge in [0.25, 0.3) is 5.91 Å². The number of nitrogens with zero attached hydrogens (tertiary/aromatic N) is 3. The molecule has 0 spiro atoms. The van der Waals surface area contributed by atoms with Crippen LogP contribution >= 0.6 is 0 Å². The Morgan fingerprint density at radius 3 is 2.54 bits per heavy atom. The Morgan fingerprint density at radius 1 is 1.25 bits per heavy atom. The summed E-state index contributed by atoms with van der Waals surface area (Å²) in [7, 11) is 4.96. The van der Waals surface area contributed by atoms with Crippen LogP contribution in [0.1, 0.15) is 31.2 Å². The molecule has 0 aromatic heterocycles. The zero-order valence-electron chi connectivity index (χ0n) is 16.9. The first-order chi connectivity index (χ1) is 13.3. The van der Waals surface area contributed by atoms with Crippen molar-refractivity contribution >= 4 is 23.5 Å². The van der Waals surface area contributed by atoms with Gasteiger partial charge in [0, 0.05) is 45.8 Å². The molecule has 2 aliphatic heterocycles. The molecule has 2 heterocycles. The van der Waals surface area contributed by atoms with Crippen LogP contribution in [0, 0.1) is 11.8 Å². The average Bonchev–Trinajstić information content (AvgIpc) is 3.45. The van der Waals surface area contributed by atoms with Crippen LogP contribution in [0.15, 0.2) is 24.3 Å². The molecule has 7 heteroatoms. The topological polar surface area (TPSA) is 73.0 Å². The van der Waals surface area contributed by atoms with Gasteiger partial charge in [-0.05, 0) is 37.3 Å². The fraction of sp³-hybridized carbons (Fsp3) is 0.571. The average molecular weight is 384 g/mol. The number of carbonyl (C=O) groups excluding carboxylic acids is 3. The number of amides is 4. The first-order valence-electron chi connectivity index (χ1n) is 9.92. The lowest BCUT2D eigenvalue weighted by Crippen LogP contribution is -2.63. The van der Waals surface area contributed by atoms with E-state index >= 15 is 0 Å². The normalized spacial score (nSPS) is 28.6. The molecule has 1 aromatic carbocycles. The second-order valence-corrected chi connectivity index (χ2v) is 8.55. The van der Waals surface area contributed by atoms with Gasteiger partial charge in [-0.2, -0.15) is 0 Å². The first kappa shape index (κ1) is 18.8. The number of para-hydroxylation sites is 1. The number of carbonyl (C=O) groups is 3. The molecule has 0 radical (unpaired) electrons. The Labute approximate surface area is 165 Å². The van der Waals surface area contributed by atoms with Crippen molar-refractivity contribution in [2.75, 3.05) is 39.1 Å². The SMILES string of the molecule is CNC(=O)[C@H]1CN(C(=O)N(C)C)[C@]2(C)C(=O)N(CC3CC3)c3ccccc3[C@H]12. The maximum atomic E-state index is 13.8. The third-order valence-corrected chi connectivity index (χ3v) is 6.52. The molecule has 1 aromatic rings. The summed E-state index contributed by atoms with van der Waals surface area (Å²) in [5, 5.41) is 2.73. The minimum atomic E-state index is -1.08. The minimum absolute atomic E-state index is 0.0790. The Balaban J connectivity index is 1.88. The van der Waals surface area contributed by atoms with Crippen LogP contribution < -0.4 is 10.2 Å². The molecule has 0 unspecified atom stereocenters. The number of anilines is 1. The van der Waals surface area contributed by atoms with Crippen LogP contribution in [0.5, 0.6) is 0 Å². The third kappa shape index (κ3) is 2.59. The molecule has 1 saturated heterocycles. The molecule has 7 nitrogen and oxygen atoms in total. The van der Waals surface area contributed by atoms with Crippen LogP contribution in [0.2, 0.25) is 0 Å². The summed E-state index contributed by atoms with van der Waals surface area (Å²) in [6.45, 7) is 2.74. The highest BCUT2D eigenvalue weighted by molar-refractivity contribution is 6.07. The van der Waals surface area contributed by atoms with Gasteiger partial charge >= 0.3 is 6.03 Å². The van der Waals surface area contributed by atoms with E-state index in [2.05, 4.69) is 5.32 Å². The number of hydrogen-bond acceptors (Lipinski definition) is 3. The molecular formula is C21H28N4O3. The van der Waals surface area contributed by atoms with Crippen molar-refractivity contribution in [3.63, 3.8) is 0 Å². The fourth-order valence-electron chi connectivity index (χ4n) is 4.88. The summed E-state index contributed by atoms with van der Waals surface area (Å²) in [6.07, 6.45) is 2.26. The van der Waals surface area contributed by atoms with Crippen molar-refractivity contribution in [1.82, 2.24) is 15.1 Å². The zero-order chi connectivity index (χ0) is 20.2. The van der Waals surface area contributed by atoms with Gasteiger partial charge in [0.05, 0.1) is 5.92 Å². The molecule has 1 saturated carbocycles. The van der Waals surface area contributed by atoms with E-state index in [-0.39, 0.29) is 30.3 Å². The molecule has 3 aliphatic rings. The van der Waals surface area contributed by atoms with Crippen molar-refractivity contribution in [2.45, 2.75) is 31.2 Å². The van der Waals surface area contributed by atoms with Crippen LogP contribution in [0.25, 0.3) is 0 Å². The summed E-state index contributed by atoms with van der Waals surface area (Å²) < 4.78 is 0. The number of rotatable bonds is 3. The summed E-state index contributed by atoms with van der Waals surface area (Å²) in [5.41, 5.74) is 0.782. The molecule has 4 rings (SSSR count). The fourth-order valence-corrected chi connectivity index (χ4v) is 4.88. The molecule has 150 valence electrons. The van der Waals surface area contributed by atoms with E-state index in [1.807, 2.05) is 36.1 Å². The zero-order valence-corrected chi connectivity index (χ0v) is 16.9. The largest absolute Gasteiger partial charge is 0.359 e. The highest BCUT2D eigenvalue weighted by Gasteiger charge is 2.63. The molecule has 0 bridgehead atoms. The molecule has 1 aliphatic carbocycles. The highest BCUT2D eigenvalue weighted by Crippen LogP contribution is 2.53. The van der Waals surface area contributed by atoms with Crippen LogP contribution in [-0.4, -0.2) is 67.4 Å². The first-order valence-corrected chi connectivity index (χ1v) is 9.92. The van der Waals surface area contributed by atoms with Gasteiger partial charge in [-0.15, -0.1) is 0 Å². The number of hydrogen-bond donors (Lipinski definition) is 1. The van der Waals surface area contributed by atoms with E-state index in [0.717, 1.165) is 24.1 Å². The number of fused-ring (bicyclic) bond motifs is 3. The van der Waals surface area contributed by atoms with Crippen molar-refractivity contribution in [3.8, 4) is 0 Å². The van der Waals surface area contributed by atoms with Crippen molar-refractivity contribution in [2.24, 2.45) is 11.8 Å². The quantitative estimate of drug-likeness (QED) is 0.861. The van der Waals surface area contributed by atoms with Gasteiger partial charge in [-0.25, -0.2) is 4.79 Å².